The average molecular weight is 330 g/mol. The summed E-state index contributed by atoms with van der Waals surface area (Å²) in [5, 5.41) is 2.71. The number of likely N-dealkylation sites (tertiary alicyclic amines) is 1. The summed E-state index contributed by atoms with van der Waals surface area (Å²) in [6.07, 6.45) is 2.66. The Kier molecular flexibility index (Phi) is 4.46. The smallest absolute Gasteiger partial charge is 0.0414 e. The molecule has 1 aliphatic rings. The van der Waals surface area contributed by atoms with Gasteiger partial charge in [-0.15, -0.1) is 0 Å². The molecule has 25 heavy (non-hydrogen) atoms. The summed E-state index contributed by atoms with van der Waals surface area (Å²) in [5.41, 5.74) is 3.88. The standard InChI is InChI=1S/C23H26N2/c1-18-8-7-15-25(18)17-20-10-6-9-19-16-22(13-14-23(19)20)24(2)21-11-4-3-5-12-21/h3-6,9-14,16,18H,7-8,15,17H2,1-2H3/t18-/m1/s1. The second-order valence-corrected chi connectivity index (χ2v) is 7.18. The molecule has 2 nitrogen and oxygen atoms in total. The van der Waals surface area contributed by atoms with Gasteiger partial charge in [-0.25, -0.2) is 0 Å². The molecule has 0 unspecified atom stereocenters. The lowest BCUT2D eigenvalue weighted by Gasteiger charge is -2.23. The summed E-state index contributed by atoms with van der Waals surface area (Å²) in [5.74, 6) is 0. The van der Waals surface area contributed by atoms with Crippen molar-refractivity contribution in [2.24, 2.45) is 0 Å². The first kappa shape index (κ1) is 16.2. The van der Waals surface area contributed by atoms with E-state index in [4.69, 9.17) is 0 Å². The number of fused-ring (bicyclic) bond motifs is 1. The van der Waals surface area contributed by atoms with Crippen molar-refractivity contribution >= 4 is 22.1 Å². The van der Waals surface area contributed by atoms with Gasteiger partial charge in [0.25, 0.3) is 0 Å². The zero-order valence-electron chi connectivity index (χ0n) is 15.2. The van der Waals surface area contributed by atoms with Crippen LogP contribution in [0.15, 0.2) is 66.7 Å². The van der Waals surface area contributed by atoms with E-state index in [2.05, 4.69) is 90.5 Å². The molecule has 3 aromatic carbocycles. The first-order valence-electron chi connectivity index (χ1n) is 9.27. The van der Waals surface area contributed by atoms with Crippen molar-refractivity contribution in [3.8, 4) is 0 Å². The molecule has 128 valence electrons. The normalized spacial score (nSPS) is 17.9. The van der Waals surface area contributed by atoms with E-state index in [9.17, 15) is 0 Å². The van der Waals surface area contributed by atoms with E-state index < -0.39 is 0 Å². The van der Waals surface area contributed by atoms with Gasteiger partial charge in [0.1, 0.15) is 0 Å². The quantitative estimate of drug-likeness (QED) is 0.615. The van der Waals surface area contributed by atoms with Crippen molar-refractivity contribution in [1.82, 2.24) is 4.90 Å². The van der Waals surface area contributed by atoms with Crippen molar-refractivity contribution < 1.29 is 0 Å². The van der Waals surface area contributed by atoms with E-state index in [0.29, 0.717) is 6.04 Å². The number of benzene rings is 3. The number of hydrogen-bond acceptors (Lipinski definition) is 2. The van der Waals surface area contributed by atoms with Crippen LogP contribution in [0.3, 0.4) is 0 Å². The number of anilines is 2. The van der Waals surface area contributed by atoms with E-state index in [1.807, 2.05) is 0 Å². The molecular formula is C23H26N2. The summed E-state index contributed by atoms with van der Waals surface area (Å²) >= 11 is 0. The summed E-state index contributed by atoms with van der Waals surface area (Å²) in [6.45, 7) is 4.64. The van der Waals surface area contributed by atoms with Crippen molar-refractivity contribution in [2.75, 3.05) is 18.5 Å². The van der Waals surface area contributed by atoms with Crippen LogP contribution < -0.4 is 4.90 Å². The van der Waals surface area contributed by atoms with Crippen LogP contribution in [0.1, 0.15) is 25.3 Å². The largest absolute Gasteiger partial charge is 0.345 e. The predicted octanol–water partition coefficient (Wildman–Crippen LogP) is 5.59. The van der Waals surface area contributed by atoms with Gasteiger partial charge in [0, 0.05) is 31.0 Å². The van der Waals surface area contributed by atoms with Gasteiger partial charge in [0.05, 0.1) is 0 Å². The lowest BCUT2D eigenvalue weighted by Crippen LogP contribution is -2.26. The van der Waals surface area contributed by atoms with Gasteiger partial charge >= 0.3 is 0 Å². The Morgan fingerprint density at radius 1 is 0.960 bits per heavy atom. The summed E-state index contributed by atoms with van der Waals surface area (Å²) < 4.78 is 0. The van der Waals surface area contributed by atoms with Crippen LogP contribution in [-0.4, -0.2) is 24.5 Å². The molecule has 1 heterocycles. The summed E-state index contributed by atoms with van der Waals surface area (Å²) in [4.78, 5) is 4.85. The summed E-state index contributed by atoms with van der Waals surface area (Å²) in [7, 11) is 2.13. The Bertz CT molecular complexity index is 856. The Balaban J connectivity index is 1.65. The zero-order valence-corrected chi connectivity index (χ0v) is 15.2. The maximum absolute atomic E-state index is 2.61. The first-order chi connectivity index (χ1) is 12.2. The Labute approximate surface area is 150 Å². The molecule has 0 amide bonds. The molecule has 1 atom stereocenters. The highest BCUT2D eigenvalue weighted by Crippen LogP contribution is 2.30. The number of para-hydroxylation sites is 1. The Morgan fingerprint density at radius 3 is 2.56 bits per heavy atom. The predicted molar refractivity (Wildman–Crippen MR) is 108 cm³/mol. The minimum absolute atomic E-state index is 0.707. The number of nitrogens with zero attached hydrogens (tertiary/aromatic N) is 2. The van der Waals surface area contributed by atoms with Gasteiger partial charge in [-0.2, -0.15) is 0 Å². The second kappa shape index (κ2) is 6.89. The third-order valence-corrected chi connectivity index (χ3v) is 5.55. The lowest BCUT2D eigenvalue weighted by atomic mass is 10.0. The highest BCUT2D eigenvalue weighted by Gasteiger charge is 2.20. The maximum atomic E-state index is 2.61. The van der Waals surface area contributed by atoms with Crippen LogP contribution in [0.4, 0.5) is 11.4 Å². The molecule has 0 bridgehead atoms. The molecule has 0 aliphatic carbocycles. The maximum Gasteiger partial charge on any atom is 0.0414 e. The molecule has 0 radical (unpaired) electrons. The van der Waals surface area contributed by atoms with Crippen molar-refractivity contribution in [3.63, 3.8) is 0 Å². The molecule has 4 rings (SSSR count). The molecule has 0 saturated carbocycles. The highest BCUT2D eigenvalue weighted by molar-refractivity contribution is 5.89. The summed E-state index contributed by atoms with van der Waals surface area (Å²) in [6, 6.07) is 24.8. The van der Waals surface area contributed by atoms with Gasteiger partial charge in [-0.3, -0.25) is 4.90 Å². The molecule has 1 saturated heterocycles. The zero-order chi connectivity index (χ0) is 17.2. The van der Waals surface area contributed by atoms with Gasteiger partial charge in [0.2, 0.25) is 0 Å². The van der Waals surface area contributed by atoms with E-state index in [0.717, 1.165) is 6.54 Å². The number of hydrogen-bond donors (Lipinski definition) is 0. The van der Waals surface area contributed by atoms with E-state index in [1.54, 1.807) is 0 Å². The van der Waals surface area contributed by atoms with Gasteiger partial charge in [-0.05, 0) is 66.9 Å². The van der Waals surface area contributed by atoms with E-state index >= 15 is 0 Å². The van der Waals surface area contributed by atoms with E-state index in [-0.39, 0.29) is 0 Å². The van der Waals surface area contributed by atoms with Crippen LogP contribution in [-0.2, 0) is 6.54 Å². The molecular weight excluding hydrogens is 304 g/mol. The fraction of sp³-hybridized carbons (Fsp3) is 0.304. The topological polar surface area (TPSA) is 6.48 Å². The van der Waals surface area contributed by atoms with Crippen molar-refractivity contribution in [2.45, 2.75) is 32.4 Å². The molecule has 0 aromatic heterocycles. The van der Waals surface area contributed by atoms with Crippen LogP contribution in [0, 0.1) is 0 Å². The highest BCUT2D eigenvalue weighted by atomic mass is 15.2. The fourth-order valence-electron chi connectivity index (χ4n) is 3.93. The molecule has 1 fully saturated rings. The SMILES string of the molecule is C[C@@H]1CCCN1Cc1cccc2cc(N(C)c3ccccc3)ccc12. The monoisotopic (exact) mass is 330 g/mol. The third-order valence-electron chi connectivity index (χ3n) is 5.55. The molecule has 0 N–H and O–H groups in total. The minimum atomic E-state index is 0.707. The molecule has 0 spiro atoms. The minimum Gasteiger partial charge on any atom is -0.345 e. The molecule has 3 aromatic rings. The van der Waals surface area contributed by atoms with Crippen LogP contribution in [0.5, 0.6) is 0 Å². The van der Waals surface area contributed by atoms with Gasteiger partial charge in [0.15, 0.2) is 0 Å². The Morgan fingerprint density at radius 2 is 1.80 bits per heavy atom. The van der Waals surface area contributed by atoms with Gasteiger partial charge < -0.3 is 4.90 Å². The first-order valence-corrected chi connectivity index (χ1v) is 9.27. The van der Waals surface area contributed by atoms with Crippen LogP contribution in [0.2, 0.25) is 0 Å². The molecule has 1 aliphatic heterocycles. The second-order valence-electron chi connectivity index (χ2n) is 7.18. The Hall–Kier alpha value is -2.32. The van der Waals surface area contributed by atoms with Crippen LogP contribution in [0.25, 0.3) is 10.8 Å². The van der Waals surface area contributed by atoms with Gasteiger partial charge in [-0.1, -0.05) is 42.5 Å². The molecule has 2 heteroatoms. The van der Waals surface area contributed by atoms with E-state index in [1.165, 1.54) is 47.1 Å². The number of rotatable bonds is 4. The average Bonchev–Trinajstić information content (AvgIpc) is 3.06. The third kappa shape index (κ3) is 3.27. The lowest BCUT2D eigenvalue weighted by molar-refractivity contribution is 0.261. The van der Waals surface area contributed by atoms with Crippen molar-refractivity contribution in [3.05, 3.63) is 72.3 Å². The van der Waals surface area contributed by atoms with Crippen molar-refractivity contribution in [1.29, 1.82) is 0 Å². The fourth-order valence-corrected chi connectivity index (χ4v) is 3.93. The van der Waals surface area contributed by atoms with Crippen LogP contribution >= 0.6 is 0 Å².